The van der Waals surface area contributed by atoms with Crippen LogP contribution in [0, 0.1) is 25.0 Å². The van der Waals surface area contributed by atoms with E-state index < -0.39 is 45.3 Å². The normalized spacial score (nSPS) is 13.7. The predicted octanol–water partition coefficient (Wildman–Crippen LogP) is 4.67. The molecular weight excluding hydrogens is 567 g/mol. The average molecular weight is 592 g/mol. The number of carboxylic acids is 1. The fraction of sp³-hybridized carbons (Fsp3) is 0.360. The topological polar surface area (TPSA) is 148 Å². The maximum Gasteiger partial charge on any atom is 0.321 e. The smallest absolute Gasteiger partial charge is 0.321 e. The number of rotatable bonds is 8. The van der Waals surface area contributed by atoms with Crippen LogP contribution in [0.4, 0.5) is 5.69 Å². The Morgan fingerprint density at radius 1 is 1.17 bits per heavy atom. The van der Waals surface area contributed by atoms with Gasteiger partial charge in [0, 0.05) is 9.64 Å². The van der Waals surface area contributed by atoms with Crippen LogP contribution in [0.15, 0.2) is 36.4 Å². The van der Waals surface area contributed by atoms with Crippen molar-refractivity contribution in [2.75, 3.05) is 0 Å². The fourth-order valence-electron chi connectivity index (χ4n) is 3.56. The van der Waals surface area contributed by atoms with Gasteiger partial charge >= 0.3 is 11.9 Å². The summed E-state index contributed by atoms with van der Waals surface area (Å²) in [4.78, 5) is 50.8. The van der Waals surface area contributed by atoms with Crippen molar-refractivity contribution >= 4 is 46.0 Å². The lowest BCUT2D eigenvalue weighted by atomic mass is 9.72. The van der Waals surface area contributed by atoms with Crippen LogP contribution in [-0.4, -0.2) is 33.4 Å². The van der Waals surface area contributed by atoms with Gasteiger partial charge < -0.3 is 9.84 Å². The molecule has 2 aromatic rings. The number of ketones is 1. The van der Waals surface area contributed by atoms with Gasteiger partial charge in [0.1, 0.15) is 16.9 Å². The number of aliphatic carboxylic acids is 1. The number of hydrogen-bond acceptors (Lipinski definition) is 7. The van der Waals surface area contributed by atoms with E-state index in [0.717, 1.165) is 21.3 Å². The number of hydrogen-bond donors (Lipinski definition) is 1. The van der Waals surface area contributed by atoms with Gasteiger partial charge in [-0.25, -0.2) is 0 Å². The molecule has 0 bridgehead atoms. The second-order valence-electron chi connectivity index (χ2n) is 9.06. The lowest BCUT2D eigenvalue weighted by molar-refractivity contribution is -0.385. The number of aryl methyl sites for hydroxylation is 1. The molecule has 1 N–H and O–H groups in total. The molecule has 0 amide bonds. The van der Waals surface area contributed by atoms with Crippen molar-refractivity contribution in [2.24, 2.45) is 0 Å². The van der Waals surface area contributed by atoms with Crippen LogP contribution in [0.25, 0.3) is 0 Å². The van der Waals surface area contributed by atoms with Gasteiger partial charge in [0.15, 0.2) is 5.78 Å². The molecule has 0 saturated carbocycles. The Balaban J connectivity index is 2.83. The minimum atomic E-state index is -2.23. The number of carboxylic acid groups (broad SMARTS) is 1. The minimum Gasteiger partial charge on any atom is -0.480 e. The Morgan fingerprint density at radius 2 is 1.80 bits per heavy atom. The molecule has 2 rings (SSSR count). The maximum absolute atomic E-state index is 14.0. The first-order chi connectivity index (χ1) is 16.2. The van der Waals surface area contributed by atoms with Crippen molar-refractivity contribution in [2.45, 2.75) is 58.0 Å². The molecule has 2 aromatic carbocycles. The lowest BCUT2D eigenvalue weighted by Crippen LogP contribution is -2.46. The summed E-state index contributed by atoms with van der Waals surface area (Å²) >= 11 is 2.04. The first kappa shape index (κ1) is 27.9. The molecule has 10 heteroatoms. The van der Waals surface area contributed by atoms with E-state index in [1.54, 1.807) is 39.0 Å². The van der Waals surface area contributed by atoms with E-state index >= 15 is 0 Å². The Hall–Kier alpha value is -3.33. The second-order valence-corrected chi connectivity index (χ2v) is 10.2. The van der Waals surface area contributed by atoms with Gasteiger partial charge in [-0.15, -0.1) is 0 Å². The maximum atomic E-state index is 14.0. The predicted molar refractivity (Wildman–Crippen MR) is 135 cm³/mol. The number of Topliss-reactive ketones (excluding diaryl/α,β-unsaturated/α-hetero) is 1. The van der Waals surface area contributed by atoms with E-state index in [0.29, 0.717) is 6.42 Å². The lowest BCUT2D eigenvalue weighted by Gasteiger charge is -2.30. The van der Waals surface area contributed by atoms with Crippen LogP contribution in [0.1, 0.15) is 62.8 Å². The SMILES string of the molecule is CCc1ccc(C(C)(C(=O)O)C(=O)C(C(=O)OC(C)(C)C)c2ccc(C#N)cc2[N+](=O)[O-])cc1I. The number of nitriles is 1. The number of benzene rings is 2. The van der Waals surface area contributed by atoms with E-state index in [1.807, 2.05) is 29.5 Å². The van der Waals surface area contributed by atoms with Crippen molar-refractivity contribution in [3.05, 3.63) is 72.3 Å². The van der Waals surface area contributed by atoms with E-state index in [-0.39, 0.29) is 16.7 Å². The number of nitro benzene ring substituents is 1. The number of carbonyl (C=O) groups excluding carboxylic acids is 2. The summed E-state index contributed by atoms with van der Waals surface area (Å²) < 4.78 is 6.13. The van der Waals surface area contributed by atoms with Gasteiger partial charge in [0.2, 0.25) is 0 Å². The summed E-state index contributed by atoms with van der Waals surface area (Å²) in [6.45, 7) is 7.77. The van der Waals surface area contributed by atoms with Gasteiger partial charge in [-0.2, -0.15) is 5.26 Å². The largest absolute Gasteiger partial charge is 0.480 e. The van der Waals surface area contributed by atoms with Gasteiger partial charge in [-0.3, -0.25) is 24.5 Å². The zero-order chi connectivity index (χ0) is 26.7. The minimum absolute atomic E-state index is 0.0541. The number of halogens is 1. The highest BCUT2D eigenvalue weighted by Gasteiger charge is 2.51. The van der Waals surface area contributed by atoms with Gasteiger partial charge in [0.25, 0.3) is 5.69 Å². The Bertz CT molecular complexity index is 1240. The number of nitro groups is 1. The van der Waals surface area contributed by atoms with Crippen molar-refractivity contribution in [3.8, 4) is 6.07 Å². The molecule has 9 nitrogen and oxygen atoms in total. The van der Waals surface area contributed by atoms with E-state index in [1.165, 1.54) is 19.1 Å². The van der Waals surface area contributed by atoms with Crippen molar-refractivity contribution in [3.63, 3.8) is 0 Å². The van der Waals surface area contributed by atoms with E-state index in [2.05, 4.69) is 0 Å². The molecule has 2 unspecified atom stereocenters. The molecule has 0 saturated heterocycles. The molecule has 0 fully saturated rings. The average Bonchev–Trinajstić information content (AvgIpc) is 2.77. The molecular formula is C25H25IN2O7. The Kier molecular flexibility index (Phi) is 8.39. The third-order valence-electron chi connectivity index (χ3n) is 5.50. The highest BCUT2D eigenvalue weighted by atomic mass is 127. The van der Waals surface area contributed by atoms with Crippen LogP contribution >= 0.6 is 22.6 Å². The first-order valence-corrected chi connectivity index (χ1v) is 11.7. The van der Waals surface area contributed by atoms with Gasteiger partial charge in [-0.05, 0) is 86.0 Å². The molecule has 0 aromatic heterocycles. The third-order valence-corrected chi connectivity index (χ3v) is 6.51. The summed E-state index contributed by atoms with van der Waals surface area (Å²) in [5, 5.41) is 31.2. The highest BCUT2D eigenvalue weighted by molar-refractivity contribution is 14.1. The molecule has 184 valence electrons. The van der Waals surface area contributed by atoms with Crippen LogP contribution in [-0.2, 0) is 31.0 Å². The summed E-state index contributed by atoms with van der Waals surface area (Å²) in [6.07, 6.45) is 0.689. The summed E-state index contributed by atoms with van der Waals surface area (Å²) in [5.41, 5.74) is -3.27. The van der Waals surface area contributed by atoms with Crippen LogP contribution < -0.4 is 0 Å². The zero-order valence-corrected chi connectivity index (χ0v) is 22.1. The number of nitrogens with zero attached hydrogens (tertiary/aromatic N) is 2. The molecule has 0 heterocycles. The quantitative estimate of drug-likeness (QED) is 0.153. The number of esters is 1. The Labute approximate surface area is 216 Å². The zero-order valence-electron chi connectivity index (χ0n) is 19.9. The first-order valence-electron chi connectivity index (χ1n) is 10.6. The monoisotopic (exact) mass is 592 g/mol. The third kappa shape index (κ3) is 5.85. The van der Waals surface area contributed by atoms with Crippen LogP contribution in [0.5, 0.6) is 0 Å². The second kappa shape index (κ2) is 10.5. The molecule has 0 aliphatic rings. The highest BCUT2D eigenvalue weighted by Crippen LogP contribution is 2.38. The fourth-order valence-corrected chi connectivity index (χ4v) is 4.45. The van der Waals surface area contributed by atoms with Crippen molar-refractivity contribution in [1.29, 1.82) is 5.26 Å². The summed E-state index contributed by atoms with van der Waals surface area (Å²) in [6, 6.07) is 9.84. The standard InChI is InChI=1S/C25H25IN2O7/c1-6-15-8-9-16(12-18(15)26)25(5,23(31)32)21(29)20(22(30)35-24(2,3)4)17-10-7-14(13-27)11-19(17)28(33)34/h7-12,20H,6H2,1-5H3,(H,31,32). The van der Waals surface area contributed by atoms with Crippen LogP contribution in [0.2, 0.25) is 0 Å². The van der Waals surface area contributed by atoms with Crippen molar-refractivity contribution < 1.29 is 29.2 Å². The molecule has 35 heavy (non-hydrogen) atoms. The van der Waals surface area contributed by atoms with Crippen molar-refractivity contribution in [1.82, 2.24) is 0 Å². The summed E-state index contributed by atoms with van der Waals surface area (Å²) in [5.74, 6) is -5.66. The molecule has 0 spiro atoms. The summed E-state index contributed by atoms with van der Waals surface area (Å²) in [7, 11) is 0. The van der Waals surface area contributed by atoms with Gasteiger partial charge in [-0.1, -0.05) is 19.1 Å². The Morgan fingerprint density at radius 3 is 2.26 bits per heavy atom. The molecule has 2 atom stereocenters. The van der Waals surface area contributed by atoms with E-state index in [4.69, 9.17) is 10.00 Å². The number of carbonyl (C=O) groups is 3. The van der Waals surface area contributed by atoms with Crippen LogP contribution in [0.3, 0.4) is 0 Å². The molecule has 0 radical (unpaired) electrons. The number of ether oxygens (including phenoxy) is 1. The van der Waals surface area contributed by atoms with E-state index in [9.17, 15) is 29.6 Å². The molecule has 0 aliphatic heterocycles. The molecule has 0 aliphatic carbocycles. The van der Waals surface area contributed by atoms with Gasteiger partial charge in [0.05, 0.1) is 22.1 Å².